The van der Waals surface area contributed by atoms with Crippen molar-refractivity contribution in [2.45, 2.75) is 18.9 Å². The Hall–Kier alpha value is -2.69. The number of nitrogens with zero attached hydrogens (tertiary/aromatic N) is 1. The average molecular weight is 341 g/mol. The van der Waals surface area contributed by atoms with Gasteiger partial charge < -0.3 is 19.1 Å². The van der Waals surface area contributed by atoms with Crippen LogP contribution in [0.3, 0.4) is 0 Å². The first kappa shape index (κ1) is 17.1. The van der Waals surface area contributed by atoms with Crippen LogP contribution in [0, 0.1) is 0 Å². The van der Waals surface area contributed by atoms with Crippen LogP contribution in [-0.4, -0.2) is 38.7 Å². The molecule has 0 fully saturated rings. The summed E-state index contributed by atoms with van der Waals surface area (Å²) in [5.74, 6) is 2.20. The maximum Gasteiger partial charge on any atom is 0.230 e. The van der Waals surface area contributed by atoms with Crippen LogP contribution in [0.25, 0.3) is 0 Å². The fourth-order valence-corrected chi connectivity index (χ4v) is 3.20. The second-order valence-corrected chi connectivity index (χ2v) is 6.10. The molecule has 0 spiro atoms. The third-order valence-corrected chi connectivity index (χ3v) is 4.53. The van der Waals surface area contributed by atoms with E-state index in [1.807, 2.05) is 49.5 Å². The number of rotatable bonds is 5. The molecule has 25 heavy (non-hydrogen) atoms. The minimum atomic E-state index is -0.174. The minimum absolute atomic E-state index is 0.0839. The van der Waals surface area contributed by atoms with Crippen LogP contribution in [-0.2, 0) is 11.3 Å². The summed E-state index contributed by atoms with van der Waals surface area (Å²) in [6.45, 7) is 1.02. The molecule has 0 N–H and O–H groups in total. The predicted octanol–water partition coefficient (Wildman–Crippen LogP) is 3.23. The molecule has 0 bridgehead atoms. The number of carbonyl (C=O) groups is 1. The number of para-hydroxylation sites is 1. The van der Waals surface area contributed by atoms with E-state index in [0.29, 0.717) is 19.6 Å². The number of fused-ring (bicyclic) bond motifs is 1. The molecule has 0 unspecified atom stereocenters. The van der Waals surface area contributed by atoms with Gasteiger partial charge in [-0.05, 0) is 30.7 Å². The zero-order chi connectivity index (χ0) is 17.8. The molecular weight excluding hydrogens is 318 g/mol. The van der Waals surface area contributed by atoms with E-state index >= 15 is 0 Å². The first-order chi connectivity index (χ1) is 12.1. The number of amides is 1. The van der Waals surface area contributed by atoms with Crippen LogP contribution in [0.2, 0.25) is 0 Å². The van der Waals surface area contributed by atoms with Crippen molar-refractivity contribution in [3.8, 4) is 17.2 Å². The maximum absolute atomic E-state index is 13.0. The molecule has 1 amide bonds. The van der Waals surface area contributed by atoms with Gasteiger partial charge in [0.2, 0.25) is 5.91 Å². The fraction of sp³-hybridized carbons (Fsp3) is 0.350. The van der Waals surface area contributed by atoms with E-state index in [4.69, 9.17) is 14.2 Å². The van der Waals surface area contributed by atoms with E-state index in [9.17, 15) is 4.79 Å². The number of methoxy groups -OCH3 is 2. The van der Waals surface area contributed by atoms with Gasteiger partial charge in [-0.15, -0.1) is 0 Å². The summed E-state index contributed by atoms with van der Waals surface area (Å²) in [7, 11) is 5.07. The number of ether oxygens (including phenoxy) is 3. The zero-order valence-electron chi connectivity index (χ0n) is 14.8. The molecule has 1 aliphatic heterocycles. The molecule has 2 aromatic rings. The van der Waals surface area contributed by atoms with Crippen LogP contribution in [0.5, 0.6) is 17.2 Å². The van der Waals surface area contributed by atoms with Crippen molar-refractivity contribution < 1.29 is 19.0 Å². The Morgan fingerprint density at radius 2 is 2.00 bits per heavy atom. The van der Waals surface area contributed by atoms with Crippen LogP contribution in [0.15, 0.2) is 42.5 Å². The summed E-state index contributed by atoms with van der Waals surface area (Å²) in [5, 5.41) is 0. The second kappa shape index (κ2) is 7.47. The zero-order valence-corrected chi connectivity index (χ0v) is 14.8. The molecule has 0 saturated heterocycles. The molecule has 0 saturated carbocycles. The molecule has 0 aromatic heterocycles. The SMILES string of the molecule is COc1ccc(OC)c(CN(C)C(=O)[C@@H]2CCOc3ccccc32)c1. The first-order valence-corrected chi connectivity index (χ1v) is 8.31. The van der Waals surface area contributed by atoms with E-state index in [1.165, 1.54) is 0 Å². The molecule has 3 rings (SSSR count). The van der Waals surface area contributed by atoms with Crippen LogP contribution >= 0.6 is 0 Å². The van der Waals surface area contributed by atoms with Crippen molar-refractivity contribution in [1.82, 2.24) is 4.90 Å². The smallest absolute Gasteiger partial charge is 0.230 e. The monoisotopic (exact) mass is 341 g/mol. The molecule has 0 radical (unpaired) electrons. The Labute approximate surface area is 148 Å². The molecular formula is C20H23NO4. The Morgan fingerprint density at radius 3 is 2.76 bits per heavy atom. The van der Waals surface area contributed by atoms with Gasteiger partial charge in [0.05, 0.1) is 26.7 Å². The van der Waals surface area contributed by atoms with Gasteiger partial charge in [-0.1, -0.05) is 18.2 Å². The minimum Gasteiger partial charge on any atom is -0.497 e. The van der Waals surface area contributed by atoms with Gasteiger partial charge in [0.15, 0.2) is 0 Å². The summed E-state index contributed by atoms with van der Waals surface area (Å²) in [5.41, 5.74) is 1.88. The summed E-state index contributed by atoms with van der Waals surface area (Å²) < 4.78 is 16.4. The topological polar surface area (TPSA) is 48.0 Å². The van der Waals surface area contributed by atoms with Crippen molar-refractivity contribution in [2.24, 2.45) is 0 Å². The highest BCUT2D eigenvalue weighted by Crippen LogP contribution is 2.35. The quantitative estimate of drug-likeness (QED) is 0.838. The first-order valence-electron chi connectivity index (χ1n) is 8.31. The fourth-order valence-electron chi connectivity index (χ4n) is 3.20. The van der Waals surface area contributed by atoms with Gasteiger partial charge in [0, 0.05) is 24.7 Å². The second-order valence-electron chi connectivity index (χ2n) is 6.10. The summed E-state index contributed by atoms with van der Waals surface area (Å²) in [6, 6.07) is 13.4. The van der Waals surface area contributed by atoms with Crippen molar-refractivity contribution in [2.75, 3.05) is 27.9 Å². The molecule has 5 heteroatoms. The molecule has 5 nitrogen and oxygen atoms in total. The molecule has 0 aliphatic carbocycles. The van der Waals surface area contributed by atoms with Gasteiger partial charge in [-0.2, -0.15) is 0 Å². The van der Waals surface area contributed by atoms with Crippen molar-refractivity contribution in [3.63, 3.8) is 0 Å². The lowest BCUT2D eigenvalue weighted by Gasteiger charge is -2.29. The van der Waals surface area contributed by atoms with Gasteiger partial charge in [-0.3, -0.25) is 4.79 Å². The lowest BCUT2D eigenvalue weighted by atomic mass is 9.92. The predicted molar refractivity (Wildman–Crippen MR) is 95.3 cm³/mol. The Balaban J connectivity index is 1.80. The maximum atomic E-state index is 13.0. The van der Waals surface area contributed by atoms with Gasteiger partial charge in [-0.25, -0.2) is 0 Å². The number of benzene rings is 2. The lowest BCUT2D eigenvalue weighted by molar-refractivity contribution is -0.132. The highest BCUT2D eigenvalue weighted by atomic mass is 16.5. The summed E-state index contributed by atoms with van der Waals surface area (Å²) >= 11 is 0. The van der Waals surface area contributed by atoms with Crippen LogP contribution in [0.4, 0.5) is 0 Å². The van der Waals surface area contributed by atoms with Gasteiger partial charge >= 0.3 is 0 Å². The number of hydrogen-bond acceptors (Lipinski definition) is 4. The van der Waals surface area contributed by atoms with E-state index in [2.05, 4.69) is 0 Å². The highest BCUT2D eigenvalue weighted by molar-refractivity contribution is 5.84. The van der Waals surface area contributed by atoms with Crippen LogP contribution < -0.4 is 14.2 Å². The largest absolute Gasteiger partial charge is 0.497 e. The van der Waals surface area contributed by atoms with Crippen molar-refractivity contribution in [3.05, 3.63) is 53.6 Å². The lowest BCUT2D eigenvalue weighted by Crippen LogP contribution is -2.34. The molecule has 1 atom stereocenters. The molecule has 132 valence electrons. The Kier molecular flexibility index (Phi) is 5.12. The van der Waals surface area contributed by atoms with Crippen molar-refractivity contribution in [1.29, 1.82) is 0 Å². The van der Waals surface area contributed by atoms with Gasteiger partial charge in [0.1, 0.15) is 17.2 Å². The third-order valence-electron chi connectivity index (χ3n) is 4.53. The normalized spacial score (nSPS) is 15.7. The van der Waals surface area contributed by atoms with Crippen molar-refractivity contribution >= 4 is 5.91 Å². The third kappa shape index (κ3) is 3.55. The van der Waals surface area contributed by atoms with E-state index in [0.717, 1.165) is 28.4 Å². The molecule has 2 aromatic carbocycles. The van der Waals surface area contributed by atoms with Gasteiger partial charge in [0.25, 0.3) is 0 Å². The summed E-state index contributed by atoms with van der Waals surface area (Å²) in [6.07, 6.45) is 0.690. The standard InChI is InChI=1S/C20H23NO4/c1-21(13-14-12-15(23-2)8-9-18(14)24-3)20(22)17-10-11-25-19-7-5-4-6-16(17)19/h4-9,12,17H,10-11,13H2,1-3H3/t17-/m1/s1. The Bertz CT molecular complexity index is 759. The van der Waals surface area contributed by atoms with E-state index in [1.54, 1.807) is 19.1 Å². The average Bonchev–Trinajstić information content (AvgIpc) is 2.66. The van der Waals surface area contributed by atoms with E-state index < -0.39 is 0 Å². The summed E-state index contributed by atoms with van der Waals surface area (Å²) in [4.78, 5) is 14.8. The number of hydrogen-bond donors (Lipinski definition) is 0. The molecule has 1 heterocycles. The van der Waals surface area contributed by atoms with E-state index in [-0.39, 0.29) is 11.8 Å². The molecule has 1 aliphatic rings. The highest BCUT2D eigenvalue weighted by Gasteiger charge is 2.29. The number of likely N-dealkylation sites (N-methyl/N-ethyl adjacent to an activating group) is 1. The number of carbonyl (C=O) groups excluding carboxylic acids is 1. The van der Waals surface area contributed by atoms with Crippen LogP contribution in [0.1, 0.15) is 23.5 Å². The Morgan fingerprint density at radius 1 is 1.20 bits per heavy atom.